The van der Waals surface area contributed by atoms with Crippen molar-refractivity contribution in [2.75, 3.05) is 12.4 Å². The van der Waals surface area contributed by atoms with Gasteiger partial charge in [-0.1, -0.05) is 30.3 Å². The van der Waals surface area contributed by atoms with E-state index in [0.717, 1.165) is 35.7 Å². The first kappa shape index (κ1) is 12.8. The van der Waals surface area contributed by atoms with E-state index < -0.39 is 0 Å². The maximum absolute atomic E-state index is 5.96. The third-order valence-electron chi connectivity index (χ3n) is 4.51. The van der Waals surface area contributed by atoms with Crippen molar-refractivity contribution >= 4 is 5.82 Å². The zero-order chi connectivity index (χ0) is 14.2. The Hall–Kier alpha value is -1.94. The summed E-state index contributed by atoms with van der Waals surface area (Å²) in [7, 11) is 1.90. The lowest BCUT2D eigenvalue weighted by Crippen LogP contribution is -2.18. The number of aromatic nitrogens is 2. The van der Waals surface area contributed by atoms with Crippen LogP contribution < -0.4 is 5.32 Å². The zero-order valence-electron chi connectivity index (χ0n) is 12.1. The van der Waals surface area contributed by atoms with Gasteiger partial charge in [0, 0.05) is 24.6 Å². The molecule has 2 saturated heterocycles. The molecular weight excluding hydrogens is 262 g/mol. The number of ether oxygens (including phenoxy) is 1. The average Bonchev–Trinajstić information content (AvgIpc) is 3.18. The van der Waals surface area contributed by atoms with Crippen LogP contribution in [0.1, 0.15) is 31.0 Å². The minimum absolute atomic E-state index is 0.311. The van der Waals surface area contributed by atoms with E-state index >= 15 is 0 Å². The van der Waals surface area contributed by atoms with Crippen LogP contribution in [0, 0.1) is 0 Å². The minimum Gasteiger partial charge on any atom is -0.374 e. The Morgan fingerprint density at radius 1 is 1.14 bits per heavy atom. The van der Waals surface area contributed by atoms with E-state index in [1.54, 1.807) is 0 Å². The van der Waals surface area contributed by atoms with Crippen LogP contribution in [0.15, 0.2) is 36.4 Å². The molecule has 0 radical (unpaired) electrons. The molecule has 4 rings (SSSR count). The minimum atomic E-state index is 0.311. The Morgan fingerprint density at radius 3 is 2.67 bits per heavy atom. The van der Waals surface area contributed by atoms with Gasteiger partial charge < -0.3 is 10.1 Å². The predicted octanol–water partition coefficient (Wildman–Crippen LogP) is 3.22. The van der Waals surface area contributed by atoms with E-state index in [-0.39, 0.29) is 0 Å². The number of benzene rings is 1. The SMILES string of the molecule is CNc1cc(-c2ccccc2)nc(C2CC3CCC2O3)n1. The number of hydrogen-bond acceptors (Lipinski definition) is 4. The summed E-state index contributed by atoms with van der Waals surface area (Å²) in [5.74, 6) is 2.15. The lowest BCUT2D eigenvalue weighted by Gasteiger charge is -2.18. The standard InChI is InChI=1S/C17H19N3O/c1-18-16-10-14(11-5-3-2-4-6-11)19-17(20-16)13-9-12-7-8-15(13)21-12/h2-6,10,12-13,15H,7-9H2,1H3,(H,18,19,20). The highest BCUT2D eigenvalue weighted by Crippen LogP contribution is 2.43. The van der Waals surface area contributed by atoms with Gasteiger partial charge in [-0.05, 0) is 19.3 Å². The quantitative estimate of drug-likeness (QED) is 0.938. The largest absolute Gasteiger partial charge is 0.374 e. The summed E-state index contributed by atoms with van der Waals surface area (Å²) in [6.07, 6.45) is 4.13. The molecule has 0 amide bonds. The van der Waals surface area contributed by atoms with Crippen LogP contribution >= 0.6 is 0 Å². The van der Waals surface area contributed by atoms with Crippen LogP contribution in [0.2, 0.25) is 0 Å². The van der Waals surface area contributed by atoms with Crippen molar-refractivity contribution in [3.05, 3.63) is 42.2 Å². The highest BCUT2D eigenvalue weighted by Gasteiger charge is 2.43. The van der Waals surface area contributed by atoms with E-state index in [9.17, 15) is 0 Å². The van der Waals surface area contributed by atoms with Gasteiger partial charge in [0.2, 0.25) is 0 Å². The van der Waals surface area contributed by atoms with E-state index in [2.05, 4.69) is 22.4 Å². The number of anilines is 1. The maximum Gasteiger partial charge on any atom is 0.137 e. The molecule has 4 heteroatoms. The Labute approximate surface area is 124 Å². The molecule has 2 fully saturated rings. The molecule has 3 unspecified atom stereocenters. The topological polar surface area (TPSA) is 47.0 Å². The smallest absolute Gasteiger partial charge is 0.137 e. The molecular formula is C17H19N3O. The molecule has 0 spiro atoms. The molecule has 4 nitrogen and oxygen atoms in total. The Balaban J connectivity index is 1.74. The monoisotopic (exact) mass is 281 g/mol. The number of rotatable bonds is 3. The van der Waals surface area contributed by atoms with Crippen molar-refractivity contribution in [3.63, 3.8) is 0 Å². The summed E-state index contributed by atoms with van der Waals surface area (Å²) < 4.78 is 5.96. The van der Waals surface area contributed by atoms with E-state index in [0.29, 0.717) is 18.1 Å². The van der Waals surface area contributed by atoms with E-state index in [4.69, 9.17) is 9.72 Å². The molecule has 0 saturated carbocycles. The first-order chi connectivity index (χ1) is 10.3. The summed E-state index contributed by atoms with van der Waals surface area (Å²) in [5.41, 5.74) is 2.11. The lowest BCUT2D eigenvalue weighted by molar-refractivity contribution is 0.0999. The Kier molecular flexibility index (Phi) is 3.11. The van der Waals surface area contributed by atoms with Crippen molar-refractivity contribution in [2.24, 2.45) is 0 Å². The number of hydrogen-bond donors (Lipinski definition) is 1. The molecule has 2 aliphatic heterocycles. The van der Waals surface area contributed by atoms with Crippen molar-refractivity contribution in [3.8, 4) is 11.3 Å². The van der Waals surface area contributed by atoms with Gasteiger partial charge in [-0.3, -0.25) is 0 Å². The van der Waals surface area contributed by atoms with Gasteiger partial charge in [-0.25, -0.2) is 9.97 Å². The maximum atomic E-state index is 5.96. The fraction of sp³-hybridized carbons (Fsp3) is 0.412. The molecule has 108 valence electrons. The predicted molar refractivity (Wildman–Crippen MR) is 82.3 cm³/mol. The average molecular weight is 281 g/mol. The number of fused-ring (bicyclic) bond motifs is 2. The van der Waals surface area contributed by atoms with Crippen LogP contribution in [-0.2, 0) is 4.74 Å². The van der Waals surface area contributed by atoms with E-state index in [1.165, 1.54) is 6.42 Å². The normalized spacial score (nSPS) is 27.0. The van der Waals surface area contributed by atoms with Gasteiger partial charge in [0.25, 0.3) is 0 Å². The number of nitrogens with one attached hydrogen (secondary N) is 1. The van der Waals surface area contributed by atoms with Crippen molar-refractivity contribution < 1.29 is 4.74 Å². The summed E-state index contributed by atoms with van der Waals surface area (Å²) in [6, 6.07) is 12.3. The Morgan fingerprint density at radius 2 is 2.00 bits per heavy atom. The summed E-state index contributed by atoms with van der Waals surface area (Å²) in [4.78, 5) is 9.50. The van der Waals surface area contributed by atoms with Gasteiger partial charge in [0.15, 0.2) is 0 Å². The molecule has 2 aromatic rings. The zero-order valence-corrected chi connectivity index (χ0v) is 12.1. The van der Waals surface area contributed by atoms with Gasteiger partial charge in [0.05, 0.1) is 17.9 Å². The molecule has 1 aromatic carbocycles. The molecule has 0 aliphatic carbocycles. The molecule has 1 N–H and O–H groups in total. The third kappa shape index (κ3) is 2.29. The molecule has 2 bridgehead atoms. The van der Waals surface area contributed by atoms with Crippen molar-refractivity contribution in [1.29, 1.82) is 0 Å². The summed E-state index contributed by atoms with van der Waals surface area (Å²) >= 11 is 0. The third-order valence-corrected chi connectivity index (χ3v) is 4.51. The number of nitrogens with zero attached hydrogens (tertiary/aromatic N) is 2. The van der Waals surface area contributed by atoms with Crippen molar-refractivity contribution in [1.82, 2.24) is 9.97 Å². The fourth-order valence-electron chi connectivity index (χ4n) is 3.43. The van der Waals surface area contributed by atoms with Crippen LogP contribution in [0.4, 0.5) is 5.82 Å². The van der Waals surface area contributed by atoms with Crippen molar-refractivity contribution in [2.45, 2.75) is 37.4 Å². The second-order valence-corrected chi connectivity index (χ2v) is 5.83. The molecule has 3 atom stereocenters. The van der Waals surface area contributed by atoms with E-state index in [1.807, 2.05) is 31.3 Å². The summed E-state index contributed by atoms with van der Waals surface area (Å²) in [6.45, 7) is 0. The van der Waals surface area contributed by atoms with Crippen LogP contribution in [0.3, 0.4) is 0 Å². The van der Waals surface area contributed by atoms with Gasteiger partial charge in [-0.15, -0.1) is 0 Å². The second-order valence-electron chi connectivity index (χ2n) is 5.83. The fourth-order valence-corrected chi connectivity index (χ4v) is 3.43. The van der Waals surface area contributed by atoms with Gasteiger partial charge in [-0.2, -0.15) is 0 Å². The first-order valence-electron chi connectivity index (χ1n) is 7.61. The molecule has 3 heterocycles. The highest BCUT2D eigenvalue weighted by molar-refractivity contribution is 5.62. The first-order valence-corrected chi connectivity index (χ1v) is 7.61. The van der Waals surface area contributed by atoms with Crippen LogP contribution in [0.5, 0.6) is 0 Å². The highest BCUT2D eigenvalue weighted by atomic mass is 16.5. The lowest BCUT2D eigenvalue weighted by atomic mass is 9.88. The molecule has 1 aromatic heterocycles. The molecule has 2 aliphatic rings. The Bertz CT molecular complexity index is 644. The van der Waals surface area contributed by atoms with Gasteiger partial charge in [0.1, 0.15) is 11.6 Å². The molecule has 21 heavy (non-hydrogen) atoms. The van der Waals surface area contributed by atoms with Crippen LogP contribution in [-0.4, -0.2) is 29.2 Å². The van der Waals surface area contributed by atoms with Gasteiger partial charge >= 0.3 is 0 Å². The summed E-state index contributed by atoms with van der Waals surface area (Å²) in [5, 5.41) is 3.15. The van der Waals surface area contributed by atoms with Crippen LogP contribution in [0.25, 0.3) is 11.3 Å². The second kappa shape index (κ2) is 5.11.